The van der Waals surface area contributed by atoms with Crippen LogP contribution in [-0.4, -0.2) is 140 Å². The molecule has 606 valence electrons. The van der Waals surface area contributed by atoms with E-state index in [1.54, 1.807) is 0 Å². The average molecular weight is 1450 g/mol. The molecule has 2 saturated heterocycles. The monoisotopic (exact) mass is 1450 g/mol. The molecule has 0 spiro atoms. The van der Waals surface area contributed by atoms with Gasteiger partial charge in [0.1, 0.15) is 48.8 Å². The molecular formula is C88H171NO13. The van der Waals surface area contributed by atoms with Gasteiger partial charge in [-0.1, -0.05) is 418 Å². The summed E-state index contributed by atoms with van der Waals surface area (Å²) in [7, 11) is 0. The van der Waals surface area contributed by atoms with Crippen LogP contribution >= 0.6 is 0 Å². The number of aliphatic hydroxyl groups excluding tert-OH is 8. The van der Waals surface area contributed by atoms with Gasteiger partial charge in [-0.3, -0.25) is 4.79 Å². The Morgan fingerprint density at radius 1 is 0.343 bits per heavy atom. The fourth-order valence-corrected chi connectivity index (χ4v) is 15.4. The molecule has 0 saturated carbocycles. The predicted octanol–water partition coefficient (Wildman–Crippen LogP) is 21.6. The van der Waals surface area contributed by atoms with E-state index in [4.69, 9.17) is 18.9 Å². The molecule has 14 nitrogen and oxygen atoms in total. The van der Waals surface area contributed by atoms with E-state index in [1.165, 1.54) is 372 Å². The normalized spacial score (nSPS) is 21.6. The molecule has 102 heavy (non-hydrogen) atoms. The van der Waals surface area contributed by atoms with E-state index in [1.807, 2.05) is 0 Å². The summed E-state index contributed by atoms with van der Waals surface area (Å²) in [4.78, 5) is 13.4. The summed E-state index contributed by atoms with van der Waals surface area (Å²) in [5, 5.41) is 88.1. The molecule has 9 N–H and O–H groups in total. The van der Waals surface area contributed by atoms with Crippen LogP contribution in [0.4, 0.5) is 0 Å². The van der Waals surface area contributed by atoms with Crippen molar-refractivity contribution in [3.05, 3.63) is 12.2 Å². The summed E-state index contributed by atoms with van der Waals surface area (Å²) in [5.74, 6) is -0.195. The summed E-state index contributed by atoms with van der Waals surface area (Å²) >= 11 is 0. The highest BCUT2D eigenvalue weighted by Gasteiger charge is 2.51. The molecule has 12 atom stereocenters. The lowest BCUT2D eigenvalue weighted by Crippen LogP contribution is -2.65. The van der Waals surface area contributed by atoms with E-state index < -0.39 is 86.8 Å². The Balaban J connectivity index is 1.55. The molecule has 0 bridgehead atoms. The molecule has 2 aliphatic heterocycles. The number of aliphatic hydroxyl groups is 8. The zero-order chi connectivity index (χ0) is 73.7. The minimum Gasteiger partial charge on any atom is -0.394 e. The molecule has 0 aromatic carbocycles. The predicted molar refractivity (Wildman–Crippen MR) is 425 cm³/mol. The van der Waals surface area contributed by atoms with Crippen molar-refractivity contribution >= 4 is 5.91 Å². The van der Waals surface area contributed by atoms with Crippen molar-refractivity contribution < 1.29 is 64.6 Å². The Bertz CT molecular complexity index is 1760. The molecule has 0 radical (unpaired) electrons. The van der Waals surface area contributed by atoms with Crippen LogP contribution in [0.5, 0.6) is 0 Å². The lowest BCUT2D eigenvalue weighted by atomic mass is 9.97. The Morgan fingerprint density at radius 2 is 0.618 bits per heavy atom. The number of unbranched alkanes of at least 4 members (excludes halogenated alkanes) is 63. The maximum Gasteiger partial charge on any atom is 0.220 e. The van der Waals surface area contributed by atoms with Crippen molar-refractivity contribution in [3.8, 4) is 0 Å². The third-order valence-electron chi connectivity index (χ3n) is 22.5. The zero-order valence-corrected chi connectivity index (χ0v) is 66.9. The highest BCUT2D eigenvalue weighted by atomic mass is 16.7. The highest BCUT2D eigenvalue weighted by molar-refractivity contribution is 5.76. The molecule has 0 aromatic heterocycles. The summed E-state index contributed by atoms with van der Waals surface area (Å²) in [6, 6.07) is -0.828. The van der Waals surface area contributed by atoms with E-state index in [9.17, 15) is 45.6 Å². The number of amides is 1. The third-order valence-corrected chi connectivity index (χ3v) is 22.5. The van der Waals surface area contributed by atoms with E-state index in [0.29, 0.717) is 12.8 Å². The van der Waals surface area contributed by atoms with Crippen molar-refractivity contribution in [2.75, 3.05) is 19.8 Å². The minimum atomic E-state index is -1.78. The second kappa shape index (κ2) is 72.6. The number of carbonyl (C=O) groups is 1. The van der Waals surface area contributed by atoms with Crippen LogP contribution in [0.3, 0.4) is 0 Å². The fourth-order valence-electron chi connectivity index (χ4n) is 15.4. The molecule has 1 amide bonds. The van der Waals surface area contributed by atoms with Gasteiger partial charge >= 0.3 is 0 Å². The first-order chi connectivity index (χ1) is 50.1. The van der Waals surface area contributed by atoms with Gasteiger partial charge < -0.3 is 65.1 Å². The SMILES string of the molecule is CCCCCCCCCC/C=C\CCCCCCCCCCCCCCCCCCCCCCCCCC(=O)NC(COC1OC(CO)C(OC2OC(CO)C(O)C(O)C2O)C(O)C1O)C(O)CCCCCCCCCCCCCCCCCCCCCCCCCCCCCCCCCCC. The summed E-state index contributed by atoms with van der Waals surface area (Å²) in [5.41, 5.74) is 0. The molecule has 0 aliphatic carbocycles. The highest BCUT2D eigenvalue weighted by Crippen LogP contribution is 2.31. The quantitative estimate of drug-likeness (QED) is 0.0204. The molecule has 2 heterocycles. The first kappa shape index (κ1) is 96.8. The van der Waals surface area contributed by atoms with Crippen LogP contribution in [0.1, 0.15) is 450 Å². The number of allylic oxidation sites excluding steroid dienone is 2. The Kier molecular flexibility index (Phi) is 68.9. The van der Waals surface area contributed by atoms with Gasteiger partial charge in [0.05, 0.1) is 32.0 Å². The van der Waals surface area contributed by atoms with Crippen LogP contribution in [0.25, 0.3) is 0 Å². The van der Waals surface area contributed by atoms with Gasteiger partial charge in [-0.15, -0.1) is 0 Å². The summed E-state index contributed by atoms with van der Waals surface area (Å²) < 4.78 is 23.0. The molecule has 0 aromatic rings. The number of ether oxygens (including phenoxy) is 4. The van der Waals surface area contributed by atoms with Crippen molar-refractivity contribution in [2.45, 2.75) is 524 Å². The molecule has 2 rings (SSSR count). The molecular weight excluding hydrogens is 1280 g/mol. The molecule has 12 unspecified atom stereocenters. The van der Waals surface area contributed by atoms with Gasteiger partial charge in [0.15, 0.2) is 12.6 Å². The van der Waals surface area contributed by atoms with Crippen LogP contribution in [0.15, 0.2) is 12.2 Å². The molecule has 2 fully saturated rings. The third kappa shape index (κ3) is 54.3. The first-order valence-electron chi connectivity index (χ1n) is 44.9. The van der Waals surface area contributed by atoms with E-state index >= 15 is 0 Å². The second-order valence-electron chi connectivity index (χ2n) is 32.1. The minimum absolute atomic E-state index is 0.195. The lowest BCUT2D eigenvalue weighted by molar-refractivity contribution is -0.359. The number of nitrogens with one attached hydrogen (secondary N) is 1. The van der Waals surface area contributed by atoms with E-state index in [0.717, 1.165) is 51.4 Å². The Hall–Kier alpha value is -1.27. The van der Waals surface area contributed by atoms with Crippen molar-refractivity contribution in [1.29, 1.82) is 0 Å². The largest absolute Gasteiger partial charge is 0.394 e. The summed E-state index contributed by atoms with van der Waals surface area (Å²) in [6.45, 7) is 2.95. The zero-order valence-electron chi connectivity index (χ0n) is 66.9. The molecule has 14 heteroatoms. The topological polar surface area (TPSA) is 228 Å². The van der Waals surface area contributed by atoms with Crippen molar-refractivity contribution in [2.24, 2.45) is 0 Å². The number of hydrogen-bond acceptors (Lipinski definition) is 13. The smallest absolute Gasteiger partial charge is 0.220 e. The standard InChI is InChI=1S/C88H171NO13/c1-3-5-7-9-11-13-15-17-19-21-23-25-27-29-31-33-35-37-38-40-42-44-46-48-50-52-54-56-58-60-62-64-66-68-70-72-80(93)89-76(75-99-87-85(98)83(96)86(79(74-91)101-87)102-88-84(97)82(95)81(94)78(73-90)100-88)77(92)71-69-67-65-63-61-59-57-55-53-51-49-47-45-43-41-39-36-34-32-30-28-26-24-22-20-18-16-14-12-10-8-6-4-2/h21,23,76-79,81-88,90-92,94-98H,3-20,22,24-75H2,1-2H3,(H,89,93)/b23-21-. The van der Waals surface area contributed by atoms with Gasteiger partial charge in [0.25, 0.3) is 0 Å². The average Bonchev–Trinajstić information content (AvgIpc) is 0.790. The number of hydrogen-bond donors (Lipinski definition) is 9. The molecule has 2 aliphatic rings. The van der Waals surface area contributed by atoms with Crippen LogP contribution in [0, 0.1) is 0 Å². The van der Waals surface area contributed by atoms with Crippen LogP contribution in [0.2, 0.25) is 0 Å². The van der Waals surface area contributed by atoms with Crippen molar-refractivity contribution in [1.82, 2.24) is 5.32 Å². The summed E-state index contributed by atoms with van der Waals surface area (Å²) in [6.07, 6.45) is 77.2. The van der Waals surface area contributed by atoms with Crippen molar-refractivity contribution in [3.63, 3.8) is 0 Å². The fraction of sp³-hybridized carbons (Fsp3) is 0.966. The van der Waals surface area contributed by atoms with E-state index in [2.05, 4.69) is 31.3 Å². The maximum absolute atomic E-state index is 13.4. The first-order valence-corrected chi connectivity index (χ1v) is 44.9. The maximum atomic E-state index is 13.4. The lowest BCUT2D eigenvalue weighted by Gasteiger charge is -2.46. The van der Waals surface area contributed by atoms with Crippen LogP contribution < -0.4 is 5.32 Å². The van der Waals surface area contributed by atoms with E-state index in [-0.39, 0.29) is 12.5 Å². The van der Waals surface area contributed by atoms with Gasteiger partial charge in [0.2, 0.25) is 5.91 Å². The Labute approximate surface area is 628 Å². The second-order valence-corrected chi connectivity index (χ2v) is 32.1. The van der Waals surface area contributed by atoms with Gasteiger partial charge in [0, 0.05) is 6.42 Å². The van der Waals surface area contributed by atoms with Gasteiger partial charge in [-0.05, 0) is 38.5 Å². The van der Waals surface area contributed by atoms with Gasteiger partial charge in [-0.25, -0.2) is 0 Å². The number of rotatable bonds is 78. The number of carbonyl (C=O) groups excluding carboxylic acids is 1. The Morgan fingerprint density at radius 3 is 0.931 bits per heavy atom. The van der Waals surface area contributed by atoms with Crippen LogP contribution in [-0.2, 0) is 23.7 Å². The van der Waals surface area contributed by atoms with Gasteiger partial charge in [-0.2, -0.15) is 0 Å².